The largest absolute Gasteiger partial charge is 0.421 e. The van der Waals surface area contributed by atoms with E-state index in [1.807, 2.05) is 6.92 Å². The van der Waals surface area contributed by atoms with Gasteiger partial charge in [0.2, 0.25) is 0 Å². The van der Waals surface area contributed by atoms with Crippen LogP contribution in [0, 0.1) is 0 Å². The molecule has 0 saturated heterocycles. The molecule has 1 nitrogen and oxygen atoms in total. The quantitative estimate of drug-likeness (QED) is 0.379. The molecule has 0 aliphatic heterocycles. The van der Waals surface area contributed by atoms with Gasteiger partial charge in [-0.3, -0.25) is 0 Å². The van der Waals surface area contributed by atoms with Gasteiger partial charge in [-0.25, -0.2) is 0 Å². The molecule has 0 aromatic heterocycles. The van der Waals surface area contributed by atoms with Crippen LogP contribution in [0.25, 0.3) is 0 Å². The maximum absolute atomic E-state index is 5.07. The Morgan fingerprint density at radius 3 is 2.33 bits per heavy atom. The van der Waals surface area contributed by atoms with Crippen molar-refractivity contribution < 1.29 is 4.43 Å². The van der Waals surface area contributed by atoms with E-state index in [-0.39, 0.29) is 0 Å². The second-order valence-corrected chi connectivity index (χ2v) is 2.51. The predicted octanol–water partition coefficient (Wildman–Crippen LogP) is 0.813. The van der Waals surface area contributed by atoms with E-state index in [4.69, 9.17) is 4.43 Å². The van der Waals surface area contributed by atoms with Gasteiger partial charge in [-0.1, -0.05) is 6.92 Å². The van der Waals surface area contributed by atoms with Gasteiger partial charge in [0.1, 0.15) is 0 Å². The highest BCUT2D eigenvalue weighted by Gasteiger charge is 1.76. The van der Waals surface area contributed by atoms with Crippen LogP contribution in [0.15, 0.2) is 0 Å². The van der Waals surface area contributed by atoms with Crippen LogP contribution in [-0.4, -0.2) is 16.4 Å². The summed E-state index contributed by atoms with van der Waals surface area (Å²) in [6.45, 7) is 5.07. The lowest BCUT2D eigenvalue weighted by atomic mass is 10.9. The average molecular weight is 103 g/mol. The Morgan fingerprint density at radius 1 is 1.50 bits per heavy atom. The zero-order valence-corrected chi connectivity index (χ0v) is 5.55. The lowest BCUT2D eigenvalue weighted by molar-refractivity contribution is 0.361. The Balaban J connectivity index is 2.34. The molecule has 0 amide bonds. The van der Waals surface area contributed by atoms with Crippen molar-refractivity contribution in [3.63, 3.8) is 0 Å². The summed E-state index contributed by atoms with van der Waals surface area (Å²) in [5, 5.41) is 0. The van der Waals surface area contributed by atoms with Crippen LogP contribution < -0.4 is 0 Å². The maximum Gasteiger partial charge on any atom is 0.192 e. The first-order valence-electron chi connectivity index (χ1n) is 2.35. The molecule has 0 N–H and O–H groups in total. The average Bonchev–Trinajstić information content (AvgIpc) is 1.61. The molecule has 0 aromatic rings. The first-order chi connectivity index (χ1) is 2.91. The maximum atomic E-state index is 5.07. The molecular formula is C4H11OSi. The molecular weight excluding hydrogens is 92.1 g/mol. The van der Waals surface area contributed by atoms with E-state index in [0.29, 0.717) is 9.76 Å². The Hall–Kier alpha value is 0.177. The van der Waals surface area contributed by atoms with Crippen LogP contribution in [-0.2, 0) is 4.43 Å². The van der Waals surface area contributed by atoms with Gasteiger partial charge in [0.15, 0.2) is 9.76 Å². The highest BCUT2D eigenvalue weighted by molar-refractivity contribution is 6.26. The summed E-state index contributed by atoms with van der Waals surface area (Å²) in [4.78, 5) is 0. The minimum atomic E-state index is 0.318. The smallest absolute Gasteiger partial charge is 0.192 e. The molecule has 0 fully saturated rings. The van der Waals surface area contributed by atoms with E-state index in [2.05, 4.69) is 6.92 Å². The third-order valence-electron chi connectivity index (χ3n) is 0.451. The fourth-order valence-electron chi connectivity index (χ4n) is 0.236. The van der Waals surface area contributed by atoms with Crippen molar-refractivity contribution in [1.82, 2.24) is 0 Å². The van der Waals surface area contributed by atoms with E-state index in [0.717, 1.165) is 6.61 Å². The summed E-state index contributed by atoms with van der Waals surface area (Å²) in [6, 6.07) is 1.22. The van der Waals surface area contributed by atoms with Crippen LogP contribution in [0.4, 0.5) is 0 Å². The molecule has 0 saturated carbocycles. The molecule has 0 rings (SSSR count). The fraction of sp³-hybridized carbons (Fsp3) is 1.00. The van der Waals surface area contributed by atoms with Crippen molar-refractivity contribution in [3.8, 4) is 0 Å². The predicted molar refractivity (Wildman–Crippen MR) is 29.3 cm³/mol. The molecule has 2 heteroatoms. The fourth-order valence-corrected chi connectivity index (χ4v) is 0.707. The second kappa shape index (κ2) is 5.18. The molecule has 0 aromatic carbocycles. The van der Waals surface area contributed by atoms with Gasteiger partial charge in [0.05, 0.1) is 0 Å². The summed E-state index contributed by atoms with van der Waals surface area (Å²) in [5.41, 5.74) is 0. The molecule has 0 bridgehead atoms. The highest BCUT2D eigenvalue weighted by atomic mass is 28.2. The Morgan fingerprint density at radius 2 is 2.17 bits per heavy atom. The normalized spacial score (nSPS) is 9.00. The van der Waals surface area contributed by atoms with Crippen LogP contribution in [0.2, 0.25) is 6.04 Å². The van der Waals surface area contributed by atoms with E-state index in [9.17, 15) is 0 Å². The third-order valence-corrected chi connectivity index (χ3v) is 1.35. The van der Waals surface area contributed by atoms with E-state index in [1.54, 1.807) is 0 Å². The molecule has 37 valence electrons. The van der Waals surface area contributed by atoms with Crippen molar-refractivity contribution in [2.24, 2.45) is 0 Å². The van der Waals surface area contributed by atoms with Crippen LogP contribution in [0.5, 0.6) is 0 Å². The molecule has 0 spiro atoms. The molecule has 0 unspecified atom stereocenters. The van der Waals surface area contributed by atoms with Crippen LogP contribution in [0.1, 0.15) is 13.8 Å². The lowest BCUT2D eigenvalue weighted by Gasteiger charge is -1.90. The molecule has 6 heavy (non-hydrogen) atoms. The summed E-state index contributed by atoms with van der Waals surface area (Å²) in [5.74, 6) is 0. The van der Waals surface area contributed by atoms with Crippen molar-refractivity contribution in [3.05, 3.63) is 0 Å². The number of rotatable bonds is 3. The first-order valence-corrected chi connectivity index (χ1v) is 3.63. The second-order valence-electron chi connectivity index (χ2n) is 1.03. The Labute approximate surface area is 41.6 Å². The SMILES string of the molecule is CCO[SiH]CC. The van der Waals surface area contributed by atoms with Gasteiger partial charge in [-0.2, -0.15) is 0 Å². The summed E-state index contributed by atoms with van der Waals surface area (Å²) < 4.78 is 5.07. The van der Waals surface area contributed by atoms with Crippen molar-refractivity contribution in [2.45, 2.75) is 19.9 Å². The number of hydrogen-bond acceptors (Lipinski definition) is 1. The van der Waals surface area contributed by atoms with Crippen LogP contribution in [0.3, 0.4) is 0 Å². The van der Waals surface area contributed by atoms with Gasteiger partial charge in [-0.15, -0.1) is 0 Å². The monoisotopic (exact) mass is 103 g/mol. The molecule has 0 aliphatic carbocycles. The van der Waals surface area contributed by atoms with Gasteiger partial charge in [-0.05, 0) is 13.0 Å². The summed E-state index contributed by atoms with van der Waals surface area (Å²) >= 11 is 0. The van der Waals surface area contributed by atoms with E-state index >= 15 is 0 Å². The van der Waals surface area contributed by atoms with Gasteiger partial charge in [0, 0.05) is 6.61 Å². The Kier molecular flexibility index (Phi) is 5.33. The van der Waals surface area contributed by atoms with Crippen molar-refractivity contribution in [2.75, 3.05) is 6.61 Å². The summed E-state index contributed by atoms with van der Waals surface area (Å²) in [6.07, 6.45) is 0. The standard InChI is InChI=1S/C4H11OSi/c1-3-5-6-4-2/h6H,3-4H2,1-2H3. The molecule has 0 heterocycles. The van der Waals surface area contributed by atoms with Gasteiger partial charge < -0.3 is 4.43 Å². The van der Waals surface area contributed by atoms with E-state index < -0.39 is 0 Å². The minimum absolute atomic E-state index is 0.318. The minimum Gasteiger partial charge on any atom is -0.421 e. The van der Waals surface area contributed by atoms with Crippen molar-refractivity contribution in [1.29, 1.82) is 0 Å². The molecule has 1 radical (unpaired) electrons. The molecule has 0 aliphatic rings. The van der Waals surface area contributed by atoms with Crippen molar-refractivity contribution >= 4 is 9.76 Å². The van der Waals surface area contributed by atoms with Gasteiger partial charge in [0.25, 0.3) is 0 Å². The Bertz CT molecular complexity index is 19.5. The highest BCUT2D eigenvalue weighted by Crippen LogP contribution is 1.73. The topological polar surface area (TPSA) is 9.23 Å². The third kappa shape index (κ3) is 4.18. The zero-order chi connectivity index (χ0) is 4.83. The van der Waals surface area contributed by atoms with Gasteiger partial charge >= 0.3 is 0 Å². The first kappa shape index (κ1) is 6.18. The van der Waals surface area contributed by atoms with Crippen LogP contribution >= 0.6 is 0 Å². The lowest BCUT2D eigenvalue weighted by Crippen LogP contribution is -1.93. The number of hydrogen-bond donors (Lipinski definition) is 0. The van der Waals surface area contributed by atoms with E-state index in [1.165, 1.54) is 6.04 Å². The summed E-state index contributed by atoms with van der Waals surface area (Å²) in [7, 11) is 0.318. The zero-order valence-electron chi connectivity index (χ0n) is 4.40. The molecule has 0 atom stereocenters.